The molecule has 3 aromatic heterocycles. The SMILES string of the molecule is Cc1ccc(C)c(NC(=O)CCN2C(=S)N[C@H](c3ccccn3)[C@H]2c2cccn2-c2ccncc2)c1. The molecule has 1 aromatic carbocycles. The van der Waals surface area contributed by atoms with E-state index in [1.165, 1.54) is 0 Å². The number of amides is 1. The molecule has 1 amide bonds. The van der Waals surface area contributed by atoms with Crippen molar-refractivity contribution in [1.29, 1.82) is 0 Å². The van der Waals surface area contributed by atoms with Crippen molar-refractivity contribution in [1.82, 2.24) is 24.8 Å². The van der Waals surface area contributed by atoms with E-state index < -0.39 is 0 Å². The highest BCUT2D eigenvalue weighted by Gasteiger charge is 2.41. The molecule has 36 heavy (non-hydrogen) atoms. The summed E-state index contributed by atoms with van der Waals surface area (Å²) in [5.41, 5.74) is 5.95. The van der Waals surface area contributed by atoms with Crippen molar-refractivity contribution in [3.8, 4) is 5.69 Å². The van der Waals surface area contributed by atoms with Crippen LogP contribution in [0.25, 0.3) is 5.69 Å². The lowest BCUT2D eigenvalue weighted by atomic mass is 10.0. The quantitative estimate of drug-likeness (QED) is 0.355. The fraction of sp³-hybridized carbons (Fsp3) is 0.214. The maximum absolute atomic E-state index is 12.9. The van der Waals surface area contributed by atoms with Crippen molar-refractivity contribution in [2.75, 3.05) is 11.9 Å². The van der Waals surface area contributed by atoms with Crippen molar-refractivity contribution in [2.24, 2.45) is 0 Å². The number of hydrogen-bond acceptors (Lipinski definition) is 4. The standard InChI is InChI=1S/C28H28N6OS/c1-19-8-9-20(2)23(18-19)31-25(35)12-17-34-27(26(32-28(34)36)22-6-3-4-13-30-22)24-7-5-16-33(24)21-10-14-29-15-11-21/h3-11,13-16,18,26-27H,12,17H2,1-2H3,(H,31,35)(H,32,36)/t26-,27-/m1/s1. The Morgan fingerprint density at radius 3 is 2.67 bits per heavy atom. The van der Waals surface area contributed by atoms with Crippen molar-refractivity contribution in [3.05, 3.63) is 108 Å². The fourth-order valence-corrected chi connectivity index (χ4v) is 4.98. The summed E-state index contributed by atoms with van der Waals surface area (Å²) in [5.74, 6) is -0.0453. The van der Waals surface area contributed by atoms with Crippen LogP contribution >= 0.6 is 12.2 Å². The van der Waals surface area contributed by atoms with Crippen LogP contribution in [-0.2, 0) is 4.79 Å². The van der Waals surface area contributed by atoms with Gasteiger partial charge in [0.1, 0.15) is 0 Å². The second-order valence-corrected chi connectivity index (χ2v) is 9.33. The Bertz CT molecular complexity index is 1370. The summed E-state index contributed by atoms with van der Waals surface area (Å²) < 4.78 is 2.14. The minimum Gasteiger partial charge on any atom is -0.352 e. The first-order valence-corrected chi connectivity index (χ1v) is 12.3. The number of hydrogen-bond donors (Lipinski definition) is 2. The Hall–Kier alpha value is -4.04. The summed E-state index contributed by atoms with van der Waals surface area (Å²) in [5, 5.41) is 7.14. The van der Waals surface area contributed by atoms with E-state index in [4.69, 9.17) is 12.2 Å². The molecule has 2 atom stereocenters. The average molecular weight is 497 g/mol. The number of benzene rings is 1. The summed E-state index contributed by atoms with van der Waals surface area (Å²) in [7, 11) is 0. The second-order valence-electron chi connectivity index (χ2n) is 8.95. The van der Waals surface area contributed by atoms with Gasteiger partial charge in [-0.15, -0.1) is 0 Å². The number of thiocarbonyl (C=S) groups is 1. The van der Waals surface area contributed by atoms with Gasteiger partial charge in [0, 0.05) is 54.8 Å². The van der Waals surface area contributed by atoms with Crippen LogP contribution in [0.1, 0.15) is 41.0 Å². The van der Waals surface area contributed by atoms with Gasteiger partial charge < -0.3 is 20.1 Å². The molecule has 4 aromatic rings. The Morgan fingerprint density at radius 2 is 1.89 bits per heavy atom. The number of rotatable bonds is 7. The third kappa shape index (κ3) is 4.85. The normalized spacial score (nSPS) is 17.2. The molecule has 0 aliphatic carbocycles. The molecule has 182 valence electrons. The molecule has 0 bridgehead atoms. The zero-order valence-electron chi connectivity index (χ0n) is 20.3. The van der Waals surface area contributed by atoms with Gasteiger partial charge in [-0.2, -0.15) is 0 Å². The van der Waals surface area contributed by atoms with E-state index in [1.54, 1.807) is 18.6 Å². The highest BCUT2D eigenvalue weighted by molar-refractivity contribution is 7.80. The summed E-state index contributed by atoms with van der Waals surface area (Å²) in [4.78, 5) is 23.8. The fourth-order valence-electron chi connectivity index (χ4n) is 4.65. The van der Waals surface area contributed by atoms with E-state index in [0.717, 1.165) is 33.9 Å². The molecule has 0 unspecified atom stereocenters. The van der Waals surface area contributed by atoms with Gasteiger partial charge in [0.15, 0.2) is 5.11 Å². The first kappa shape index (κ1) is 23.7. The summed E-state index contributed by atoms with van der Waals surface area (Å²) in [6.07, 6.45) is 7.69. The first-order valence-electron chi connectivity index (χ1n) is 11.9. The Kier molecular flexibility index (Phi) is 6.77. The Labute approximate surface area is 216 Å². The van der Waals surface area contributed by atoms with Crippen LogP contribution in [0.2, 0.25) is 0 Å². The number of anilines is 1. The van der Waals surface area contributed by atoms with Crippen LogP contribution < -0.4 is 10.6 Å². The number of carbonyl (C=O) groups excluding carboxylic acids is 1. The minimum atomic E-state index is -0.156. The van der Waals surface area contributed by atoms with Gasteiger partial charge in [-0.3, -0.25) is 14.8 Å². The smallest absolute Gasteiger partial charge is 0.226 e. The maximum atomic E-state index is 12.9. The number of carbonyl (C=O) groups is 1. The summed E-state index contributed by atoms with van der Waals surface area (Å²) in [6.45, 7) is 4.48. The topological polar surface area (TPSA) is 75.1 Å². The third-order valence-electron chi connectivity index (χ3n) is 6.47. The second kappa shape index (κ2) is 10.3. The number of aromatic nitrogens is 3. The van der Waals surface area contributed by atoms with E-state index in [9.17, 15) is 4.79 Å². The van der Waals surface area contributed by atoms with Crippen molar-refractivity contribution >= 4 is 28.9 Å². The largest absolute Gasteiger partial charge is 0.352 e. The molecule has 0 spiro atoms. The number of aryl methyl sites for hydroxylation is 2. The van der Waals surface area contributed by atoms with Crippen LogP contribution in [0.5, 0.6) is 0 Å². The van der Waals surface area contributed by atoms with Gasteiger partial charge in [0.25, 0.3) is 0 Å². The van der Waals surface area contributed by atoms with Crippen LogP contribution in [0, 0.1) is 13.8 Å². The highest BCUT2D eigenvalue weighted by atomic mass is 32.1. The third-order valence-corrected chi connectivity index (χ3v) is 6.82. The molecule has 4 heterocycles. The molecule has 1 aliphatic rings. The van der Waals surface area contributed by atoms with Gasteiger partial charge in [0.05, 0.1) is 17.8 Å². The van der Waals surface area contributed by atoms with E-state index >= 15 is 0 Å². The molecule has 1 saturated heterocycles. The van der Waals surface area contributed by atoms with E-state index in [1.807, 2.05) is 74.6 Å². The summed E-state index contributed by atoms with van der Waals surface area (Å²) >= 11 is 5.78. The number of pyridine rings is 2. The zero-order valence-corrected chi connectivity index (χ0v) is 21.1. The molecular weight excluding hydrogens is 468 g/mol. The molecule has 1 aliphatic heterocycles. The van der Waals surface area contributed by atoms with Gasteiger partial charge in [-0.25, -0.2) is 0 Å². The first-order chi connectivity index (χ1) is 17.5. The van der Waals surface area contributed by atoms with Crippen LogP contribution in [0.15, 0.2) is 85.5 Å². The van der Waals surface area contributed by atoms with Crippen LogP contribution in [-0.4, -0.2) is 37.0 Å². The lowest BCUT2D eigenvalue weighted by Crippen LogP contribution is -2.33. The van der Waals surface area contributed by atoms with Crippen molar-refractivity contribution in [3.63, 3.8) is 0 Å². The Morgan fingerprint density at radius 1 is 1.06 bits per heavy atom. The average Bonchev–Trinajstić information content (AvgIpc) is 3.50. The monoisotopic (exact) mass is 496 g/mol. The minimum absolute atomic E-state index is 0.0453. The van der Waals surface area contributed by atoms with Crippen LogP contribution in [0.4, 0.5) is 5.69 Å². The molecule has 7 nitrogen and oxygen atoms in total. The van der Waals surface area contributed by atoms with E-state index in [0.29, 0.717) is 18.1 Å². The molecule has 0 radical (unpaired) electrons. The van der Waals surface area contributed by atoms with Gasteiger partial charge in [-0.05, 0) is 79.7 Å². The predicted octanol–water partition coefficient (Wildman–Crippen LogP) is 4.89. The van der Waals surface area contributed by atoms with Crippen LogP contribution in [0.3, 0.4) is 0 Å². The lowest BCUT2D eigenvalue weighted by molar-refractivity contribution is -0.116. The summed E-state index contributed by atoms with van der Waals surface area (Å²) in [6, 6.07) is 19.7. The number of nitrogens with zero attached hydrogens (tertiary/aromatic N) is 4. The van der Waals surface area contributed by atoms with Gasteiger partial charge in [0.2, 0.25) is 5.91 Å². The van der Waals surface area contributed by atoms with E-state index in [2.05, 4.69) is 36.1 Å². The molecule has 5 rings (SSSR count). The van der Waals surface area contributed by atoms with Gasteiger partial charge >= 0.3 is 0 Å². The maximum Gasteiger partial charge on any atom is 0.226 e. The molecule has 0 saturated carbocycles. The van der Waals surface area contributed by atoms with Crippen molar-refractivity contribution in [2.45, 2.75) is 32.4 Å². The van der Waals surface area contributed by atoms with E-state index in [-0.39, 0.29) is 18.0 Å². The highest BCUT2D eigenvalue weighted by Crippen LogP contribution is 2.39. The predicted molar refractivity (Wildman–Crippen MR) is 145 cm³/mol. The molecule has 8 heteroatoms. The molecular formula is C28H28N6OS. The lowest BCUT2D eigenvalue weighted by Gasteiger charge is -2.28. The molecule has 1 fully saturated rings. The van der Waals surface area contributed by atoms with Gasteiger partial charge in [-0.1, -0.05) is 18.2 Å². The van der Waals surface area contributed by atoms with Crippen molar-refractivity contribution < 1.29 is 4.79 Å². The number of nitrogens with one attached hydrogen (secondary N) is 2. The Balaban J connectivity index is 1.43. The zero-order chi connectivity index (χ0) is 25.1. The molecule has 2 N–H and O–H groups in total.